The van der Waals surface area contributed by atoms with E-state index in [1.54, 1.807) is 6.92 Å². The average Bonchev–Trinajstić information content (AvgIpc) is 1.82. The summed E-state index contributed by atoms with van der Waals surface area (Å²) < 4.78 is 5.55. The molecule has 0 saturated carbocycles. The topological polar surface area (TPSA) is 29.5 Å². The molecule has 0 aliphatic carbocycles. The molecule has 13 heavy (non-hydrogen) atoms. The molecule has 0 rings (SSSR count). The number of ether oxygens (including phenoxy) is 1. The lowest BCUT2D eigenvalue weighted by atomic mass is 10.1. The molecule has 0 amide bonds. The highest BCUT2D eigenvalue weighted by Gasteiger charge is 2.20. The summed E-state index contributed by atoms with van der Waals surface area (Å²) in [5, 5.41) is 0. The van der Waals surface area contributed by atoms with Crippen LogP contribution in [0.4, 0.5) is 0 Å². The third kappa shape index (κ3) is 5.77. The van der Waals surface area contributed by atoms with Crippen LogP contribution >= 0.6 is 0 Å². The number of nitrogens with zero attached hydrogens (tertiary/aromatic N) is 1. The monoisotopic (exact) mass is 187 g/mol. The largest absolute Gasteiger partial charge is 0.374 e. The predicted molar refractivity (Wildman–Crippen MR) is 53.9 cm³/mol. The third-order valence-corrected chi connectivity index (χ3v) is 1.77. The van der Waals surface area contributed by atoms with Gasteiger partial charge in [-0.05, 0) is 41.8 Å². The molecule has 3 heteroatoms. The van der Waals surface area contributed by atoms with Gasteiger partial charge >= 0.3 is 0 Å². The predicted octanol–water partition coefficient (Wildman–Crippen LogP) is 1.32. The molecule has 0 bridgehead atoms. The zero-order chi connectivity index (χ0) is 10.6. The Balaban J connectivity index is 4.06. The van der Waals surface area contributed by atoms with Crippen LogP contribution in [0.15, 0.2) is 0 Å². The van der Waals surface area contributed by atoms with Gasteiger partial charge in [-0.1, -0.05) is 0 Å². The summed E-state index contributed by atoms with van der Waals surface area (Å²) in [7, 11) is 3.77. The average molecular weight is 187 g/mol. The Bertz CT molecular complexity index is 170. The van der Waals surface area contributed by atoms with E-state index in [2.05, 4.69) is 0 Å². The number of hydrogen-bond acceptors (Lipinski definition) is 3. The Hall–Kier alpha value is -0.410. The van der Waals surface area contributed by atoms with Crippen LogP contribution in [0, 0.1) is 0 Å². The van der Waals surface area contributed by atoms with E-state index >= 15 is 0 Å². The van der Waals surface area contributed by atoms with Crippen molar-refractivity contribution in [2.45, 2.75) is 39.3 Å². The Labute approximate surface area is 81.1 Å². The summed E-state index contributed by atoms with van der Waals surface area (Å²) in [4.78, 5) is 13.1. The zero-order valence-corrected chi connectivity index (χ0v) is 9.55. The first kappa shape index (κ1) is 12.6. The van der Waals surface area contributed by atoms with Crippen molar-refractivity contribution in [1.82, 2.24) is 4.90 Å². The van der Waals surface area contributed by atoms with Crippen LogP contribution in [-0.4, -0.2) is 43.0 Å². The van der Waals surface area contributed by atoms with Gasteiger partial charge in [-0.3, -0.25) is 9.69 Å². The lowest BCUT2D eigenvalue weighted by Gasteiger charge is -2.26. The summed E-state index contributed by atoms with van der Waals surface area (Å²) in [6.45, 7) is 8.02. The van der Waals surface area contributed by atoms with Crippen molar-refractivity contribution >= 4 is 5.78 Å². The second kappa shape index (κ2) is 4.72. The van der Waals surface area contributed by atoms with Crippen molar-refractivity contribution in [2.75, 3.05) is 20.7 Å². The minimum atomic E-state index is -0.177. The highest BCUT2D eigenvalue weighted by Crippen LogP contribution is 2.08. The standard InChI is InChI=1S/C10H21NO2/c1-8(12)9(11(5)6)7-13-10(2,3)4/h9H,7H2,1-6H3/t9-/m1/s1. The fourth-order valence-corrected chi connectivity index (χ4v) is 0.959. The Kier molecular flexibility index (Phi) is 4.57. The van der Waals surface area contributed by atoms with Crippen LogP contribution in [0.2, 0.25) is 0 Å². The van der Waals surface area contributed by atoms with Gasteiger partial charge in [0.1, 0.15) is 5.78 Å². The molecule has 1 atom stereocenters. The Morgan fingerprint density at radius 3 is 2.08 bits per heavy atom. The summed E-state index contributed by atoms with van der Waals surface area (Å²) in [5.41, 5.74) is -0.177. The second-order valence-corrected chi connectivity index (χ2v) is 4.51. The first-order chi connectivity index (χ1) is 5.74. The number of rotatable bonds is 4. The van der Waals surface area contributed by atoms with Crippen molar-refractivity contribution in [1.29, 1.82) is 0 Å². The van der Waals surface area contributed by atoms with Crippen molar-refractivity contribution < 1.29 is 9.53 Å². The van der Waals surface area contributed by atoms with Gasteiger partial charge in [0, 0.05) is 0 Å². The lowest BCUT2D eigenvalue weighted by Crippen LogP contribution is -2.40. The molecule has 78 valence electrons. The number of hydrogen-bond donors (Lipinski definition) is 0. The fourth-order valence-electron chi connectivity index (χ4n) is 0.959. The first-order valence-electron chi connectivity index (χ1n) is 4.55. The maximum absolute atomic E-state index is 11.2. The fraction of sp³-hybridized carbons (Fsp3) is 0.900. The van der Waals surface area contributed by atoms with Crippen LogP contribution in [0.3, 0.4) is 0 Å². The molecule has 0 radical (unpaired) electrons. The van der Waals surface area contributed by atoms with Crippen LogP contribution in [0.25, 0.3) is 0 Å². The summed E-state index contributed by atoms with van der Waals surface area (Å²) >= 11 is 0. The molecule has 0 aromatic carbocycles. The molecule has 0 aromatic rings. The lowest BCUT2D eigenvalue weighted by molar-refractivity contribution is -0.125. The van der Waals surface area contributed by atoms with Gasteiger partial charge in [0.25, 0.3) is 0 Å². The highest BCUT2D eigenvalue weighted by molar-refractivity contribution is 5.81. The number of carbonyl (C=O) groups excluding carboxylic acids is 1. The summed E-state index contributed by atoms with van der Waals surface area (Å²) in [5.74, 6) is 0.147. The second-order valence-electron chi connectivity index (χ2n) is 4.51. The molecule has 0 fully saturated rings. The van der Waals surface area contributed by atoms with Crippen LogP contribution in [0.5, 0.6) is 0 Å². The van der Waals surface area contributed by atoms with Gasteiger partial charge in [0.05, 0.1) is 18.2 Å². The van der Waals surface area contributed by atoms with E-state index in [-0.39, 0.29) is 17.4 Å². The quantitative estimate of drug-likeness (QED) is 0.665. The van der Waals surface area contributed by atoms with Crippen molar-refractivity contribution in [2.24, 2.45) is 0 Å². The molecule has 0 spiro atoms. The van der Waals surface area contributed by atoms with E-state index in [0.717, 1.165) is 0 Å². The Morgan fingerprint density at radius 2 is 1.85 bits per heavy atom. The smallest absolute Gasteiger partial charge is 0.149 e. The molecule has 3 nitrogen and oxygen atoms in total. The molecule has 0 aromatic heterocycles. The Morgan fingerprint density at radius 1 is 1.38 bits per heavy atom. The molecule has 0 N–H and O–H groups in total. The number of ketones is 1. The summed E-state index contributed by atoms with van der Waals surface area (Å²) in [6.07, 6.45) is 0. The van der Waals surface area contributed by atoms with Gasteiger partial charge in [0.15, 0.2) is 0 Å². The normalized spacial score (nSPS) is 14.7. The van der Waals surface area contributed by atoms with Crippen LogP contribution in [-0.2, 0) is 9.53 Å². The zero-order valence-electron chi connectivity index (χ0n) is 9.55. The van der Waals surface area contributed by atoms with E-state index in [1.807, 2.05) is 39.8 Å². The van der Waals surface area contributed by atoms with Crippen LogP contribution in [0.1, 0.15) is 27.7 Å². The van der Waals surface area contributed by atoms with Crippen molar-refractivity contribution in [3.8, 4) is 0 Å². The van der Waals surface area contributed by atoms with E-state index in [9.17, 15) is 4.79 Å². The molecule has 0 aliphatic heterocycles. The van der Waals surface area contributed by atoms with Gasteiger partial charge in [-0.2, -0.15) is 0 Å². The van der Waals surface area contributed by atoms with Crippen molar-refractivity contribution in [3.05, 3.63) is 0 Å². The molecule has 0 heterocycles. The minimum absolute atomic E-state index is 0.126. The SMILES string of the molecule is CC(=O)[C@@H](COC(C)(C)C)N(C)C. The molecule has 0 unspecified atom stereocenters. The summed E-state index contributed by atoms with van der Waals surface area (Å²) in [6, 6.07) is -0.126. The number of carbonyl (C=O) groups is 1. The number of likely N-dealkylation sites (N-methyl/N-ethyl adjacent to an activating group) is 1. The van der Waals surface area contributed by atoms with Crippen LogP contribution < -0.4 is 0 Å². The maximum Gasteiger partial charge on any atom is 0.149 e. The molecule has 0 saturated heterocycles. The van der Waals surface area contributed by atoms with E-state index in [4.69, 9.17) is 4.74 Å². The first-order valence-corrected chi connectivity index (χ1v) is 4.55. The van der Waals surface area contributed by atoms with E-state index in [0.29, 0.717) is 6.61 Å². The van der Waals surface area contributed by atoms with Gasteiger partial charge < -0.3 is 4.74 Å². The van der Waals surface area contributed by atoms with Gasteiger partial charge in [-0.15, -0.1) is 0 Å². The van der Waals surface area contributed by atoms with Gasteiger partial charge in [-0.25, -0.2) is 0 Å². The van der Waals surface area contributed by atoms with E-state index in [1.165, 1.54) is 0 Å². The number of Topliss-reactive ketones (excluding diaryl/α,β-unsaturated/α-hetero) is 1. The van der Waals surface area contributed by atoms with E-state index < -0.39 is 0 Å². The molecule has 0 aliphatic rings. The molecular weight excluding hydrogens is 166 g/mol. The molecular formula is C10H21NO2. The van der Waals surface area contributed by atoms with Crippen molar-refractivity contribution in [3.63, 3.8) is 0 Å². The minimum Gasteiger partial charge on any atom is -0.374 e. The third-order valence-electron chi connectivity index (χ3n) is 1.77. The highest BCUT2D eigenvalue weighted by atomic mass is 16.5. The maximum atomic E-state index is 11.2. The van der Waals surface area contributed by atoms with Gasteiger partial charge in [0.2, 0.25) is 0 Å².